The number of hydrogen-bond acceptors (Lipinski definition) is 7. The van der Waals surface area contributed by atoms with Gasteiger partial charge in [0.25, 0.3) is 0 Å². The Bertz CT molecular complexity index is 1110. The maximum Gasteiger partial charge on any atom is 0.339 e. The molecule has 2 aromatic carbocycles. The third-order valence-electron chi connectivity index (χ3n) is 4.03. The van der Waals surface area contributed by atoms with Crippen molar-refractivity contribution in [1.82, 2.24) is 15.3 Å². The van der Waals surface area contributed by atoms with Crippen LogP contribution in [0.15, 0.2) is 54.7 Å². The zero-order valence-electron chi connectivity index (χ0n) is 15.4. The standard InChI is InChI=1S/C20H17N5O4/c1-29-20(28)12-6-4-5-11(9-12)19(27)25-18(22)16-17(21)23-10-14(24-16)13-7-2-3-8-15(13)26/h2-10,26H,1H3,(H2,21,23)(H2,22,25,27)/p+1. The van der Waals surface area contributed by atoms with Crippen molar-refractivity contribution in [2.45, 2.75) is 0 Å². The van der Waals surface area contributed by atoms with E-state index in [1.807, 2.05) is 0 Å². The van der Waals surface area contributed by atoms with Gasteiger partial charge in [-0.15, -0.1) is 0 Å². The third-order valence-corrected chi connectivity index (χ3v) is 4.03. The Morgan fingerprint density at radius 1 is 1.14 bits per heavy atom. The summed E-state index contributed by atoms with van der Waals surface area (Å²) in [6.07, 6.45) is 1.39. The van der Waals surface area contributed by atoms with Crippen LogP contribution in [0.5, 0.6) is 5.75 Å². The fourth-order valence-electron chi connectivity index (χ4n) is 2.58. The lowest BCUT2D eigenvalue weighted by Crippen LogP contribution is -2.52. The predicted molar refractivity (Wildman–Crippen MR) is 105 cm³/mol. The van der Waals surface area contributed by atoms with Gasteiger partial charge in [-0.25, -0.2) is 24.9 Å². The summed E-state index contributed by atoms with van der Waals surface area (Å²) in [4.78, 5) is 32.5. The van der Waals surface area contributed by atoms with Crippen molar-refractivity contribution in [3.8, 4) is 17.0 Å². The third kappa shape index (κ3) is 4.19. The Morgan fingerprint density at radius 3 is 2.59 bits per heavy atom. The molecule has 0 radical (unpaired) electrons. The summed E-state index contributed by atoms with van der Waals surface area (Å²) in [6, 6.07) is 12.5. The number of anilines is 1. The quantitative estimate of drug-likeness (QED) is 0.280. The van der Waals surface area contributed by atoms with Gasteiger partial charge in [0, 0.05) is 5.56 Å². The molecule has 3 aromatic rings. The average molecular weight is 392 g/mol. The number of ether oxygens (including phenoxy) is 1. The summed E-state index contributed by atoms with van der Waals surface area (Å²) in [5.74, 6) is -1.24. The number of para-hydroxylation sites is 1. The maximum atomic E-state index is 12.5. The molecule has 0 aliphatic heterocycles. The first-order chi connectivity index (χ1) is 13.9. The van der Waals surface area contributed by atoms with Crippen LogP contribution in [0.1, 0.15) is 26.4 Å². The van der Waals surface area contributed by atoms with E-state index in [-0.39, 0.29) is 34.2 Å². The van der Waals surface area contributed by atoms with Crippen LogP contribution < -0.4 is 16.5 Å². The molecule has 3 rings (SSSR count). The number of nitrogens with one attached hydrogen (secondary N) is 1. The number of phenols is 1. The molecule has 0 saturated heterocycles. The van der Waals surface area contributed by atoms with Gasteiger partial charge in [-0.05, 0) is 30.3 Å². The Hall–Kier alpha value is -4.27. The van der Waals surface area contributed by atoms with Crippen LogP contribution in [0.4, 0.5) is 5.82 Å². The summed E-state index contributed by atoms with van der Waals surface area (Å²) >= 11 is 0. The molecule has 0 bridgehead atoms. The van der Waals surface area contributed by atoms with Crippen LogP contribution in [0.25, 0.3) is 11.3 Å². The zero-order valence-corrected chi connectivity index (χ0v) is 15.4. The number of nitrogens with two attached hydrogens (primary N) is 2. The number of nitrogens with zero attached hydrogens (tertiary/aromatic N) is 2. The summed E-state index contributed by atoms with van der Waals surface area (Å²) in [5.41, 5.74) is 7.09. The van der Waals surface area contributed by atoms with Crippen molar-refractivity contribution in [2.75, 3.05) is 12.8 Å². The van der Waals surface area contributed by atoms with E-state index in [0.29, 0.717) is 11.3 Å². The summed E-state index contributed by atoms with van der Waals surface area (Å²) in [5, 5.41) is 18.5. The molecular weight excluding hydrogens is 374 g/mol. The smallest absolute Gasteiger partial charge is 0.339 e. The van der Waals surface area contributed by atoms with E-state index >= 15 is 0 Å². The highest BCUT2D eigenvalue weighted by molar-refractivity contribution is 6.11. The van der Waals surface area contributed by atoms with E-state index < -0.39 is 11.9 Å². The van der Waals surface area contributed by atoms with Gasteiger partial charge in [0.1, 0.15) is 5.75 Å². The van der Waals surface area contributed by atoms with Crippen LogP contribution in [-0.2, 0) is 4.74 Å². The van der Waals surface area contributed by atoms with Gasteiger partial charge in [0.05, 0.1) is 30.1 Å². The molecule has 9 nitrogen and oxygen atoms in total. The number of carbonyl (C=O) groups excluding carboxylic acids is 2. The Labute approximate surface area is 165 Å². The lowest BCUT2D eigenvalue weighted by molar-refractivity contribution is -0.116. The highest BCUT2D eigenvalue weighted by Gasteiger charge is 2.22. The highest BCUT2D eigenvalue weighted by Crippen LogP contribution is 2.27. The Balaban J connectivity index is 1.86. The van der Waals surface area contributed by atoms with Crippen LogP contribution >= 0.6 is 0 Å². The zero-order chi connectivity index (χ0) is 21.0. The molecule has 9 heteroatoms. The van der Waals surface area contributed by atoms with E-state index in [4.69, 9.17) is 11.1 Å². The molecule has 0 spiro atoms. The number of methoxy groups -OCH3 is 1. The van der Waals surface area contributed by atoms with Crippen molar-refractivity contribution in [3.05, 3.63) is 71.5 Å². The molecule has 1 heterocycles. The summed E-state index contributed by atoms with van der Waals surface area (Å²) in [6.45, 7) is 0. The van der Waals surface area contributed by atoms with Gasteiger partial charge in [-0.2, -0.15) is 0 Å². The molecule has 1 amide bonds. The average Bonchev–Trinajstić information content (AvgIpc) is 2.74. The number of nitrogen functional groups attached to an aromatic ring is 1. The highest BCUT2D eigenvalue weighted by atomic mass is 16.5. The lowest BCUT2D eigenvalue weighted by Gasteiger charge is -2.07. The van der Waals surface area contributed by atoms with Crippen molar-refractivity contribution >= 4 is 23.5 Å². The number of esters is 1. The van der Waals surface area contributed by atoms with E-state index in [1.54, 1.807) is 24.3 Å². The molecule has 0 aliphatic carbocycles. The number of aromatic hydroxyl groups is 1. The van der Waals surface area contributed by atoms with Crippen LogP contribution in [0.2, 0.25) is 0 Å². The minimum Gasteiger partial charge on any atom is -0.507 e. The van der Waals surface area contributed by atoms with Crippen molar-refractivity contribution < 1.29 is 24.8 Å². The first-order valence-electron chi connectivity index (χ1n) is 8.44. The van der Waals surface area contributed by atoms with Gasteiger partial charge in [-0.1, -0.05) is 18.2 Å². The second kappa shape index (κ2) is 8.17. The van der Waals surface area contributed by atoms with Gasteiger partial charge in [0.15, 0.2) is 11.5 Å². The number of benzene rings is 2. The molecule has 1 aromatic heterocycles. The number of amidine groups is 1. The van der Waals surface area contributed by atoms with Gasteiger partial charge >= 0.3 is 17.7 Å². The second-order valence-corrected chi connectivity index (χ2v) is 5.95. The Morgan fingerprint density at radius 2 is 1.86 bits per heavy atom. The van der Waals surface area contributed by atoms with E-state index in [2.05, 4.69) is 20.0 Å². The largest absolute Gasteiger partial charge is 0.507 e. The topological polar surface area (TPSA) is 153 Å². The van der Waals surface area contributed by atoms with Crippen LogP contribution in [0, 0.1) is 0 Å². The van der Waals surface area contributed by atoms with Crippen LogP contribution in [-0.4, -0.2) is 39.9 Å². The van der Waals surface area contributed by atoms with Gasteiger partial charge in [-0.3, -0.25) is 5.41 Å². The molecular formula is C20H18N5O4+. The number of aromatic nitrogens is 2. The van der Waals surface area contributed by atoms with Crippen LogP contribution in [0.3, 0.4) is 0 Å². The molecule has 0 fully saturated rings. The number of phenolic OH excluding ortho intramolecular Hbond substituents is 1. The molecule has 0 unspecified atom stereocenters. The van der Waals surface area contributed by atoms with Crippen molar-refractivity contribution in [2.24, 2.45) is 0 Å². The molecule has 0 atom stereocenters. The fraction of sp³-hybridized carbons (Fsp3) is 0.0500. The summed E-state index contributed by atoms with van der Waals surface area (Å²) in [7, 11) is 1.25. The maximum absolute atomic E-state index is 12.5. The predicted octanol–water partition coefficient (Wildman–Crippen LogP) is 0.154. The molecule has 0 aliphatic rings. The van der Waals surface area contributed by atoms with Crippen molar-refractivity contribution in [1.29, 1.82) is 0 Å². The van der Waals surface area contributed by atoms with Gasteiger partial charge in [0.2, 0.25) is 0 Å². The molecule has 6 N–H and O–H groups in total. The monoisotopic (exact) mass is 392 g/mol. The number of amides is 1. The van der Waals surface area contributed by atoms with E-state index in [1.165, 1.54) is 37.6 Å². The fourth-order valence-corrected chi connectivity index (χ4v) is 2.58. The number of carbonyl (C=O) groups is 2. The Kier molecular flexibility index (Phi) is 5.49. The number of hydrogen-bond donors (Lipinski definition) is 4. The molecule has 146 valence electrons. The minimum atomic E-state index is -0.568. The molecule has 29 heavy (non-hydrogen) atoms. The van der Waals surface area contributed by atoms with E-state index in [0.717, 1.165) is 0 Å². The SMILES string of the molecule is COC(=O)c1cccc(C(=O)NC(=[NH2+])c2nc(-c3ccccc3O)cnc2N)c1. The van der Waals surface area contributed by atoms with E-state index in [9.17, 15) is 14.7 Å². The normalized spacial score (nSPS) is 10.2. The van der Waals surface area contributed by atoms with Crippen molar-refractivity contribution in [3.63, 3.8) is 0 Å². The number of rotatable bonds is 4. The van der Waals surface area contributed by atoms with Gasteiger partial charge < -0.3 is 15.6 Å². The lowest BCUT2D eigenvalue weighted by atomic mass is 10.1. The first kappa shape index (κ1) is 19.5. The summed E-state index contributed by atoms with van der Waals surface area (Å²) < 4.78 is 4.65. The minimum absolute atomic E-state index is 0.00489. The molecule has 0 saturated carbocycles. The first-order valence-corrected chi connectivity index (χ1v) is 8.44. The second-order valence-electron chi connectivity index (χ2n) is 5.95.